The average molecular weight is 467 g/mol. The molecule has 11 heteroatoms. The number of aromatic nitrogens is 1. The normalized spacial score (nSPS) is 19.7. The zero-order valence-corrected chi connectivity index (χ0v) is 17.5. The maximum Gasteiger partial charge on any atom is 0.320 e. The van der Waals surface area contributed by atoms with Gasteiger partial charge in [0.2, 0.25) is 0 Å². The minimum absolute atomic E-state index is 0.0829. The molecule has 1 aliphatic heterocycles. The van der Waals surface area contributed by atoms with Crippen LogP contribution in [0.2, 0.25) is 0 Å². The van der Waals surface area contributed by atoms with E-state index in [0.717, 1.165) is 12.1 Å². The third-order valence-electron chi connectivity index (χ3n) is 5.78. The second-order valence-corrected chi connectivity index (χ2v) is 7.88. The molecule has 3 atom stereocenters. The third kappa shape index (κ3) is 4.08. The van der Waals surface area contributed by atoms with Gasteiger partial charge in [-0.05, 0) is 48.5 Å². The highest BCUT2D eigenvalue weighted by Crippen LogP contribution is 2.55. The Kier molecular flexibility index (Phi) is 5.46. The number of pyridine rings is 1. The average Bonchev–Trinajstić information content (AvgIpc) is 3.54. The molecule has 0 spiro atoms. The summed E-state index contributed by atoms with van der Waals surface area (Å²) >= 11 is 0. The lowest BCUT2D eigenvalue weighted by molar-refractivity contribution is 0.0953. The van der Waals surface area contributed by atoms with Gasteiger partial charge in [-0.25, -0.2) is 24.4 Å². The van der Waals surface area contributed by atoms with Crippen LogP contribution in [-0.4, -0.2) is 29.6 Å². The summed E-state index contributed by atoms with van der Waals surface area (Å²) < 4.78 is 39.2. The van der Waals surface area contributed by atoms with E-state index in [4.69, 9.17) is 15.3 Å². The number of ether oxygens (including phenoxy) is 2. The lowest BCUT2D eigenvalue weighted by Crippen LogP contribution is -2.32. The van der Waals surface area contributed by atoms with E-state index in [-0.39, 0.29) is 41.6 Å². The predicted molar refractivity (Wildman–Crippen MR) is 116 cm³/mol. The van der Waals surface area contributed by atoms with Gasteiger partial charge in [-0.3, -0.25) is 15.5 Å². The summed E-state index contributed by atoms with van der Waals surface area (Å²) in [4.78, 5) is 28.0. The number of nitrogens with zero attached hydrogens (tertiary/aromatic N) is 1. The number of carbonyl (C=O) groups is 2. The Morgan fingerprint density at radius 2 is 1.76 bits per heavy atom. The van der Waals surface area contributed by atoms with E-state index in [1.54, 1.807) is 36.4 Å². The van der Waals surface area contributed by atoms with Crippen LogP contribution in [0.15, 0.2) is 54.7 Å². The summed E-state index contributed by atoms with van der Waals surface area (Å²) in [5, 5.41) is 5.38. The first-order valence-electron chi connectivity index (χ1n) is 10.4. The smallest absolute Gasteiger partial charge is 0.320 e. The fourth-order valence-electron chi connectivity index (χ4n) is 4.07. The van der Waals surface area contributed by atoms with Crippen LogP contribution in [-0.2, 0) is 0 Å². The van der Waals surface area contributed by atoms with Gasteiger partial charge in [-0.1, -0.05) is 0 Å². The van der Waals surface area contributed by atoms with Crippen molar-refractivity contribution in [3.8, 4) is 17.2 Å². The molecule has 1 saturated carbocycles. The lowest BCUT2D eigenvalue weighted by Gasteiger charge is -2.16. The molecule has 0 unspecified atom stereocenters. The monoisotopic (exact) mass is 467 g/mol. The Hall–Kier alpha value is -4.25. The van der Waals surface area contributed by atoms with Crippen molar-refractivity contribution in [3.05, 3.63) is 77.5 Å². The Morgan fingerprint density at radius 1 is 1.03 bits per heavy atom. The number of amides is 3. The molecular weight excluding hydrogens is 448 g/mol. The maximum atomic E-state index is 14.2. The first kappa shape index (κ1) is 21.6. The SMILES string of the molecule is NNC(=O)c1ccc(Oc2ccc(NC(=O)N[C@@H]3[C@H]4COc5c(F)ccc(F)c5[C@H]43)nc2)cc1. The highest BCUT2D eigenvalue weighted by molar-refractivity contribution is 5.93. The Bertz CT molecular complexity index is 1250. The molecule has 5 rings (SSSR count). The molecule has 5 N–H and O–H groups in total. The molecule has 174 valence electrons. The fraction of sp³-hybridized carbons (Fsp3) is 0.174. The standard InChI is InChI=1S/C23H19F2N5O4/c24-15-6-7-16(25)21-19(15)18-14(10-33-21)20(18)29-23(32)28-17-8-5-13(9-27-17)34-12-3-1-11(2-4-12)22(31)30-26/h1-9,14,18,20H,10,26H2,(H,30,31)(H2,27,28,29,32)/t14-,18-,20+/m0/s1. The molecule has 1 fully saturated rings. The lowest BCUT2D eigenvalue weighted by atomic mass is 10.0. The molecule has 0 saturated heterocycles. The quantitative estimate of drug-likeness (QED) is 0.260. The molecule has 1 aromatic heterocycles. The van der Waals surface area contributed by atoms with Crippen LogP contribution in [0, 0.1) is 17.6 Å². The number of halogens is 2. The Balaban J connectivity index is 1.17. The van der Waals surface area contributed by atoms with Crippen molar-refractivity contribution in [2.45, 2.75) is 12.0 Å². The van der Waals surface area contributed by atoms with Gasteiger partial charge >= 0.3 is 6.03 Å². The predicted octanol–water partition coefficient (Wildman–Crippen LogP) is 3.05. The molecule has 3 amide bonds. The minimum atomic E-state index is -0.617. The topological polar surface area (TPSA) is 128 Å². The molecule has 2 heterocycles. The van der Waals surface area contributed by atoms with Crippen LogP contribution in [0.5, 0.6) is 17.2 Å². The second kappa shape index (κ2) is 8.60. The van der Waals surface area contributed by atoms with Crippen LogP contribution < -0.4 is 31.4 Å². The van der Waals surface area contributed by atoms with E-state index < -0.39 is 23.6 Å². The van der Waals surface area contributed by atoms with Gasteiger partial charge in [0.25, 0.3) is 5.91 Å². The number of rotatable bonds is 5. The summed E-state index contributed by atoms with van der Waals surface area (Å²) in [6, 6.07) is 10.7. The van der Waals surface area contributed by atoms with E-state index >= 15 is 0 Å². The van der Waals surface area contributed by atoms with Gasteiger partial charge in [0.1, 0.15) is 23.1 Å². The molecule has 0 bridgehead atoms. The van der Waals surface area contributed by atoms with Crippen LogP contribution in [0.1, 0.15) is 21.8 Å². The zero-order valence-electron chi connectivity index (χ0n) is 17.5. The van der Waals surface area contributed by atoms with Crippen molar-refractivity contribution < 1.29 is 27.8 Å². The summed E-state index contributed by atoms with van der Waals surface area (Å²) in [6.07, 6.45) is 1.43. The summed E-state index contributed by atoms with van der Waals surface area (Å²) in [5.41, 5.74) is 2.59. The maximum absolute atomic E-state index is 14.2. The highest BCUT2D eigenvalue weighted by atomic mass is 19.1. The van der Waals surface area contributed by atoms with Crippen molar-refractivity contribution in [1.82, 2.24) is 15.7 Å². The number of nitrogen functional groups attached to an aromatic ring is 1. The molecule has 2 aromatic carbocycles. The third-order valence-corrected chi connectivity index (χ3v) is 5.78. The van der Waals surface area contributed by atoms with Crippen LogP contribution >= 0.6 is 0 Å². The van der Waals surface area contributed by atoms with Crippen molar-refractivity contribution in [3.63, 3.8) is 0 Å². The molecule has 1 aliphatic carbocycles. The number of benzene rings is 2. The zero-order chi connectivity index (χ0) is 23.8. The Morgan fingerprint density at radius 3 is 2.47 bits per heavy atom. The first-order chi connectivity index (χ1) is 16.4. The summed E-state index contributed by atoms with van der Waals surface area (Å²) in [6.45, 7) is 0.200. The fourth-order valence-corrected chi connectivity index (χ4v) is 4.07. The number of nitrogens with one attached hydrogen (secondary N) is 3. The minimum Gasteiger partial charge on any atom is -0.490 e. The van der Waals surface area contributed by atoms with Gasteiger partial charge < -0.3 is 14.8 Å². The first-order valence-corrected chi connectivity index (χ1v) is 10.4. The van der Waals surface area contributed by atoms with E-state index in [9.17, 15) is 18.4 Å². The van der Waals surface area contributed by atoms with Gasteiger partial charge in [-0.2, -0.15) is 0 Å². The van der Waals surface area contributed by atoms with Gasteiger partial charge in [-0.15, -0.1) is 0 Å². The van der Waals surface area contributed by atoms with Gasteiger partial charge in [0.15, 0.2) is 11.6 Å². The van der Waals surface area contributed by atoms with E-state index in [0.29, 0.717) is 17.1 Å². The van der Waals surface area contributed by atoms with Crippen LogP contribution in [0.25, 0.3) is 0 Å². The van der Waals surface area contributed by atoms with Gasteiger partial charge in [0, 0.05) is 29.0 Å². The summed E-state index contributed by atoms with van der Waals surface area (Å²) in [5.74, 6) is 4.15. The van der Waals surface area contributed by atoms with Gasteiger partial charge in [0.05, 0.1) is 12.8 Å². The molecule has 0 radical (unpaired) electrons. The second-order valence-electron chi connectivity index (χ2n) is 7.88. The molecule has 9 nitrogen and oxygen atoms in total. The number of hydrogen-bond donors (Lipinski definition) is 4. The largest absolute Gasteiger partial charge is 0.490 e. The molecule has 34 heavy (non-hydrogen) atoms. The van der Waals surface area contributed by atoms with E-state index in [2.05, 4.69) is 15.6 Å². The number of carbonyl (C=O) groups excluding carboxylic acids is 2. The molecule has 3 aromatic rings. The van der Waals surface area contributed by atoms with Crippen molar-refractivity contribution in [2.24, 2.45) is 11.8 Å². The number of nitrogens with two attached hydrogens (primary N) is 1. The van der Waals surface area contributed by atoms with E-state index in [1.807, 2.05) is 5.43 Å². The Labute approximate surface area is 192 Å². The molecular formula is C23H19F2N5O4. The summed E-state index contributed by atoms with van der Waals surface area (Å²) in [7, 11) is 0. The number of urea groups is 1. The van der Waals surface area contributed by atoms with E-state index in [1.165, 1.54) is 6.20 Å². The van der Waals surface area contributed by atoms with Crippen LogP contribution in [0.3, 0.4) is 0 Å². The highest BCUT2D eigenvalue weighted by Gasteiger charge is 2.57. The number of hydrogen-bond acceptors (Lipinski definition) is 6. The van der Waals surface area contributed by atoms with Crippen molar-refractivity contribution >= 4 is 17.8 Å². The van der Waals surface area contributed by atoms with Crippen molar-refractivity contribution in [1.29, 1.82) is 0 Å². The number of fused-ring (bicyclic) bond motifs is 3. The molecule has 2 aliphatic rings. The number of anilines is 1. The van der Waals surface area contributed by atoms with Crippen LogP contribution in [0.4, 0.5) is 19.4 Å². The van der Waals surface area contributed by atoms with Crippen molar-refractivity contribution in [2.75, 3.05) is 11.9 Å². The number of hydrazine groups is 1.